The predicted octanol–water partition coefficient (Wildman–Crippen LogP) is 2.14. The molecule has 72 valence electrons. The molecule has 0 amide bonds. The Morgan fingerprint density at radius 2 is 2.07 bits per heavy atom. The molecule has 0 spiro atoms. The molecule has 0 bridgehead atoms. The van der Waals surface area contributed by atoms with Crippen molar-refractivity contribution in [1.82, 2.24) is 9.97 Å². The molecule has 0 fully saturated rings. The fraction of sp³-hybridized carbons (Fsp3) is 0.182. The highest BCUT2D eigenvalue weighted by Gasteiger charge is 1.98. The van der Waals surface area contributed by atoms with E-state index in [0.29, 0.717) is 5.82 Å². The van der Waals surface area contributed by atoms with Crippen LogP contribution in [0.1, 0.15) is 12.7 Å². The lowest BCUT2D eigenvalue weighted by atomic mass is 10.2. The van der Waals surface area contributed by atoms with Crippen LogP contribution in [-0.2, 0) is 0 Å². The second-order valence-corrected chi connectivity index (χ2v) is 2.61. The molecular formula is C11H13N3. The van der Waals surface area contributed by atoms with Crippen LogP contribution in [0.2, 0.25) is 0 Å². The summed E-state index contributed by atoms with van der Waals surface area (Å²) in [6, 6.07) is 1.79. The molecule has 3 nitrogen and oxygen atoms in total. The van der Waals surface area contributed by atoms with Gasteiger partial charge in [-0.05, 0) is 19.1 Å². The minimum Gasteiger partial charge on any atom is -0.296 e. The Kier molecular flexibility index (Phi) is 4.27. The van der Waals surface area contributed by atoms with E-state index >= 15 is 0 Å². The van der Waals surface area contributed by atoms with Crippen LogP contribution in [0.25, 0.3) is 5.57 Å². The standard InChI is InChI=1S/C11H13N3/c1-3-4-6-10(9-12-2)11-13-7-5-8-14-11/h3-9H,1-2H3/b4-3+,10-6+,12-9?. The second kappa shape index (κ2) is 5.80. The zero-order valence-corrected chi connectivity index (χ0v) is 8.38. The van der Waals surface area contributed by atoms with Crippen molar-refractivity contribution in [1.29, 1.82) is 0 Å². The molecule has 0 saturated carbocycles. The molecule has 0 aromatic carbocycles. The average Bonchev–Trinajstić information content (AvgIpc) is 2.25. The zero-order chi connectivity index (χ0) is 10.2. The summed E-state index contributed by atoms with van der Waals surface area (Å²) in [6.45, 7) is 1.96. The highest BCUT2D eigenvalue weighted by molar-refractivity contribution is 6.08. The van der Waals surface area contributed by atoms with Crippen molar-refractivity contribution in [2.24, 2.45) is 4.99 Å². The molecule has 0 radical (unpaired) electrons. The largest absolute Gasteiger partial charge is 0.296 e. The first-order chi connectivity index (χ1) is 6.88. The lowest BCUT2D eigenvalue weighted by molar-refractivity contribution is 1.13. The lowest BCUT2D eigenvalue weighted by Gasteiger charge is -1.96. The number of rotatable bonds is 3. The van der Waals surface area contributed by atoms with Crippen LogP contribution in [0.4, 0.5) is 0 Å². The number of allylic oxidation sites excluding steroid dienone is 4. The monoisotopic (exact) mass is 187 g/mol. The van der Waals surface area contributed by atoms with Gasteiger partial charge in [-0.1, -0.05) is 12.2 Å². The molecule has 1 heterocycles. The summed E-state index contributed by atoms with van der Waals surface area (Å²) in [5.41, 5.74) is 0.909. The maximum absolute atomic E-state index is 4.15. The van der Waals surface area contributed by atoms with Crippen molar-refractivity contribution in [3.8, 4) is 0 Å². The minimum atomic E-state index is 0.691. The molecule has 3 heteroatoms. The third-order valence-corrected chi connectivity index (χ3v) is 1.56. The SMILES string of the molecule is C/C=C/C=C(\C=NC)c1ncccn1. The highest BCUT2D eigenvalue weighted by atomic mass is 14.9. The molecule has 0 atom stereocenters. The van der Waals surface area contributed by atoms with Gasteiger partial charge in [-0.15, -0.1) is 0 Å². The van der Waals surface area contributed by atoms with E-state index in [9.17, 15) is 0 Å². The summed E-state index contributed by atoms with van der Waals surface area (Å²) in [6.07, 6.45) is 11.0. The van der Waals surface area contributed by atoms with Gasteiger partial charge in [-0.25, -0.2) is 9.97 Å². The first-order valence-corrected chi connectivity index (χ1v) is 4.41. The van der Waals surface area contributed by atoms with Crippen molar-refractivity contribution < 1.29 is 0 Å². The normalized spacial score (nSPS) is 12.9. The van der Waals surface area contributed by atoms with Gasteiger partial charge < -0.3 is 0 Å². The fourth-order valence-electron chi connectivity index (χ4n) is 0.962. The quantitative estimate of drug-likeness (QED) is 0.537. The molecule has 0 unspecified atom stereocenters. The summed E-state index contributed by atoms with van der Waals surface area (Å²) in [5.74, 6) is 0.691. The van der Waals surface area contributed by atoms with Crippen LogP contribution in [0.15, 0.2) is 41.7 Å². The van der Waals surface area contributed by atoms with E-state index in [1.54, 1.807) is 31.7 Å². The lowest BCUT2D eigenvalue weighted by Crippen LogP contribution is -1.93. The molecule has 0 aliphatic rings. The summed E-state index contributed by atoms with van der Waals surface area (Å²) < 4.78 is 0. The molecule has 1 aromatic rings. The van der Waals surface area contributed by atoms with E-state index in [1.165, 1.54) is 0 Å². The Balaban J connectivity index is 3.00. The van der Waals surface area contributed by atoms with E-state index in [4.69, 9.17) is 0 Å². The van der Waals surface area contributed by atoms with E-state index in [2.05, 4.69) is 15.0 Å². The number of hydrogen-bond donors (Lipinski definition) is 0. The molecular weight excluding hydrogens is 174 g/mol. The van der Waals surface area contributed by atoms with Crippen LogP contribution >= 0.6 is 0 Å². The minimum absolute atomic E-state index is 0.691. The number of aliphatic imine (C=N–C) groups is 1. The van der Waals surface area contributed by atoms with Crippen LogP contribution < -0.4 is 0 Å². The van der Waals surface area contributed by atoms with E-state index in [0.717, 1.165) is 5.57 Å². The van der Waals surface area contributed by atoms with Crippen molar-refractivity contribution in [2.45, 2.75) is 6.92 Å². The van der Waals surface area contributed by atoms with Gasteiger partial charge in [0.1, 0.15) is 0 Å². The molecule has 1 rings (SSSR count). The summed E-state index contributed by atoms with van der Waals surface area (Å²) in [7, 11) is 1.73. The van der Waals surface area contributed by atoms with Crippen LogP contribution in [-0.4, -0.2) is 23.2 Å². The Labute approximate surface area is 83.9 Å². The summed E-state index contributed by atoms with van der Waals surface area (Å²) in [4.78, 5) is 12.3. The Morgan fingerprint density at radius 1 is 1.36 bits per heavy atom. The maximum atomic E-state index is 4.15. The average molecular weight is 187 g/mol. The predicted molar refractivity (Wildman–Crippen MR) is 59.2 cm³/mol. The third kappa shape index (κ3) is 2.94. The highest BCUT2D eigenvalue weighted by Crippen LogP contribution is 2.05. The smallest absolute Gasteiger partial charge is 0.160 e. The number of aromatic nitrogens is 2. The van der Waals surface area contributed by atoms with Gasteiger partial charge in [-0.2, -0.15) is 0 Å². The molecule has 14 heavy (non-hydrogen) atoms. The van der Waals surface area contributed by atoms with Gasteiger partial charge in [0.2, 0.25) is 0 Å². The molecule has 0 saturated heterocycles. The van der Waals surface area contributed by atoms with Crippen LogP contribution in [0, 0.1) is 0 Å². The van der Waals surface area contributed by atoms with Crippen LogP contribution in [0.5, 0.6) is 0 Å². The summed E-state index contributed by atoms with van der Waals surface area (Å²) >= 11 is 0. The third-order valence-electron chi connectivity index (χ3n) is 1.56. The Hall–Kier alpha value is -1.77. The molecule has 1 aromatic heterocycles. The topological polar surface area (TPSA) is 38.1 Å². The van der Waals surface area contributed by atoms with E-state index in [1.807, 2.05) is 25.2 Å². The van der Waals surface area contributed by atoms with Gasteiger partial charge in [0.15, 0.2) is 5.82 Å². The van der Waals surface area contributed by atoms with E-state index < -0.39 is 0 Å². The van der Waals surface area contributed by atoms with Gasteiger partial charge >= 0.3 is 0 Å². The van der Waals surface area contributed by atoms with Crippen molar-refractivity contribution in [3.63, 3.8) is 0 Å². The maximum Gasteiger partial charge on any atom is 0.160 e. The van der Waals surface area contributed by atoms with Crippen molar-refractivity contribution in [3.05, 3.63) is 42.5 Å². The zero-order valence-electron chi connectivity index (χ0n) is 8.38. The Bertz CT molecular complexity index is 350. The first kappa shape index (κ1) is 10.3. The molecule has 0 aliphatic heterocycles. The Morgan fingerprint density at radius 3 is 2.64 bits per heavy atom. The van der Waals surface area contributed by atoms with Gasteiger partial charge in [0, 0.05) is 31.2 Å². The van der Waals surface area contributed by atoms with Crippen molar-refractivity contribution in [2.75, 3.05) is 7.05 Å². The molecule has 0 aliphatic carbocycles. The molecule has 0 N–H and O–H groups in total. The first-order valence-electron chi connectivity index (χ1n) is 4.41. The van der Waals surface area contributed by atoms with E-state index in [-0.39, 0.29) is 0 Å². The van der Waals surface area contributed by atoms with Crippen molar-refractivity contribution >= 4 is 11.8 Å². The van der Waals surface area contributed by atoms with Crippen LogP contribution in [0.3, 0.4) is 0 Å². The van der Waals surface area contributed by atoms with Gasteiger partial charge in [0.05, 0.1) is 0 Å². The summed E-state index contributed by atoms with van der Waals surface area (Å²) in [5, 5.41) is 0. The van der Waals surface area contributed by atoms with Gasteiger partial charge in [0.25, 0.3) is 0 Å². The number of nitrogens with zero attached hydrogens (tertiary/aromatic N) is 3. The second-order valence-electron chi connectivity index (χ2n) is 2.61. The number of hydrogen-bond acceptors (Lipinski definition) is 3. The fourth-order valence-corrected chi connectivity index (χ4v) is 0.962. The van der Waals surface area contributed by atoms with Gasteiger partial charge in [-0.3, -0.25) is 4.99 Å².